The predicted molar refractivity (Wildman–Crippen MR) is 67.8 cm³/mol. The molecule has 82 valence electrons. The largest absolute Gasteiger partial charge is 0.366 e. The molecule has 1 N–H and O–H groups in total. The zero-order valence-corrected chi connectivity index (χ0v) is 9.83. The van der Waals surface area contributed by atoms with Crippen LogP contribution in [0, 0.1) is 6.92 Å². The van der Waals surface area contributed by atoms with Gasteiger partial charge >= 0.3 is 0 Å². The second kappa shape index (κ2) is 4.99. The molecule has 1 aromatic heterocycles. The van der Waals surface area contributed by atoms with Crippen molar-refractivity contribution in [2.75, 3.05) is 5.32 Å². The van der Waals surface area contributed by atoms with Crippen LogP contribution in [0.3, 0.4) is 0 Å². The lowest BCUT2D eigenvalue weighted by molar-refractivity contribution is 1.11. The van der Waals surface area contributed by atoms with Crippen LogP contribution in [0.15, 0.2) is 42.6 Å². The Labute approximate surface area is 100 Å². The molecular weight excluding hydrogens is 220 g/mol. The van der Waals surface area contributed by atoms with Gasteiger partial charge in [0, 0.05) is 12.7 Å². The Bertz CT molecular complexity index is 466. The molecule has 0 spiro atoms. The van der Waals surface area contributed by atoms with E-state index < -0.39 is 0 Å². The molecular formula is C13H13ClN2. The summed E-state index contributed by atoms with van der Waals surface area (Å²) in [5, 5.41) is 3.90. The number of aryl methyl sites for hydroxylation is 1. The lowest BCUT2D eigenvalue weighted by Gasteiger charge is -2.06. The van der Waals surface area contributed by atoms with E-state index in [0.29, 0.717) is 5.02 Å². The first-order valence-corrected chi connectivity index (χ1v) is 5.53. The standard InChI is InChI=1S/C13H13ClN2/c1-10-3-2-4-11(7-10)8-15-13-6-5-12(14)9-16-13/h2-7,9H,8H2,1H3,(H,15,16). The number of benzene rings is 1. The molecule has 0 bridgehead atoms. The summed E-state index contributed by atoms with van der Waals surface area (Å²) in [6, 6.07) is 12.1. The lowest BCUT2D eigenvalue weighted by Crippen LogP contribution is -2.00. The molecule has 0 amide bonds. The Kier molecular flexibility index (Phi) is 3.42. The van der Waals surface area contributed by atoms with Gasteiger partial charge in [0.25, 0.3) is 0 Å². The van der Waals surface area contributed by atoms with E-state index in [1.807, 2.05) is 12.1 Å². The second-order valence-corrected chi connectivity index (χ2v) is 4.14. The van der Waals surface area contributed by atoms with E-state index in [4.69, 9.17) is 11.6 Å². The number of nitrogens with one attached hydrogen (secondary N) is 1. The minimum atomic E-state index is 0.654. The molecule has 0 saturated carbocycles. The van der Waals surface area contributed by atoms with Gasteiger partial charge in [-0.25, -0.2) is 4.98 Å². The van der Waals surface area contributed by atoms with Crippen molar-refractivity contribution < 1.29 is 0 Å². The summed E-state index contributed by atoms with van der Waals surface area (Å²) in [4.78, 5) is 4.17. The molecule has 0 aliphatic heterocycles. The number of pyridine rings is 1. The predicted octanol–water partition coefficient (Wildman–Crippen LogP) is 3.66. The van der Waals surface area contributed by atoms with Gasteiger partial charge in [0.15, 0.2) is 0 Å². The van der Waals surface area contributed by atoms with Gasteiger partial charge < -0.3 is 5.32 Å². The van der Waals surface area contributed by atoms with Crippen LogP contribution in [0.5, 0.6) is 0 Å². The minimum Gasteiger partial charge on any atom is -0.366 e. The van der Waals surface area contributed by atoms with Crippen molar-refractivity contribution in [1.29, 1.82) is 0 Å². The second-order valence-electron chi connectivity index (χ2n) is 3.70. The normalized spacial score (nSPS) is 10.1. The highest BCUT2D eigenvalue weighted by atomic mass is 35.5. The fraction of sp³-hybridized carbons (Fsp3) is 0.154. The Morgan fingerprint density at radius 1 is 1.25 bits per heavy atom. The van der Waals surface area contributed by atoms with Gasteiger partial charge in [-0.3, -0.25) is 0 Å². The Hall–Kier alpha value is -1.54. The summed E-state index contributed by atoms with van der Waals surface area (Å²) >= 11 is 5.76. The van der Waals surface area contributed by atoms with Crippen molar-refractivity contribution in [3.8, 4) is 0 Å². The first-order valence-electron chi connectivity index (χ1n) is 5.15. The molecule has 1 heterocycles. The molecule has 0 saturated heterocycles. The number of anilines is 1. The molecule has 2 rings (SSSR count). The van der Waals surface area contributed by atoms with Gasteiger partial charge in [0.05, 0.1) is 5.02 Å². The van der Waals surface area contributed by atoms with Crippen LogP contribution in [0.1, 0.15) is 11.1 Å². The van der Waals surface area contributed by atoms with Crippen LogP contribution in [-0.4, -0.2) is 4.98 Å². The Balaban J connectivity index is 1.99. The number of hydrogen-bond acceptors (Lipinski definition) is 2. The molecule has 0 atom stereocenters. The van der Waals surface area contributed by atoms with Crippen LogP contribution in [0.4, 0.5) is 5.82 Å². The van der Waals surface area contributed by atoms with Crippen LogP contribution in [0.2, 0.25) is 5.02 Å². The SMILES string of the molecule is Cc1cccc(CNc2ccc(Cl)cn2)c1. The van der Waals surface area contributed by atoms with Crippen molar-refractivity contribution in [2.45, 2.75) is 13.5 Å². The molecule has 16 heavy (non-hydrogen) atoms. The van der Waals surface area contributed by atoms with Crippen molar-refractivity contribution >= 4 is 17.4 Å². The van der Waals surface area contributed by atoms with Gasteiger partial charge in [-0.1, -0.05) is 41.4 Å². The number of aromatic nitrogens is 1. The van der Waals surface area contributed by atoms with E-state index in [1.54, 1.807) is 6.20 Å². The maximum absolute atomic E-state index is 5.76. The highest BCUT2D eigenvalue weighted by Gasteiger charge is 1.95. The molecule has 0 aliphatic carbocycles. The lowest BCUT2D eigenvalue weighted by atomic mass is 10.1. The van der Waals surface area contributed by atoms with E-state index >= 15 is 0 Å². The van der Waals surface area contributed by atoms with Gasteiger partial charge in [0.2, 0.25) is 0 Å². The summed E-state index contributed by atoms with van der Waals surface area (Å²) in [7, 11) is 0. The van der Waals surface area contributed by atoms with E-state index in [2.05, 4.69) is 41.5 Å². The van der Waals surface area contributed by atoms with Crippen LogP contribution in [-0.2, 0) is 6.54 Å². The van der Waals surface area contributed by atoms with E-state index in [9.17, 15) is 0 Å². The third kappa shape index (κ3) is 2.97. The number of halogens is 1. The maximum atomic E-state index is 5.76. The van der Waals surface area contributed by atoms with Gasteiger partial charge in [-0.2, -0.15) is 0 Å². The van der Waals surface area contributed by atoms with Gasteiger partial charge in [-0.05, 0) is 24.6 Å². The third-order valence-electron chi connectivity index (χ3n) is 2.28. The van der Waals surface area contributed by atoms with E-state index in [1.165, 1.54) is 11.1 Å². The number of rotatable bonds is 3. The van der Waals surface area contributed by atoms with Crippen LogP contribution < -0.4 is 5.32 Å². The topological polar surface area (TPSA) is 24.9 Å². The summed E-state index contributed by atoms with van der Waals surface area (Å²) < 4.78 is 0. The monoisotopic (exact) mass is 232 g/mol. The summed E-state index contributed by atoms with van der Waals surface area (Å²) in [6.45, 7) is 2.86. The maximum Gasteiger partial charge on any atom is 0.126 e. The molecule has 0 radical (unpaired) electrons. The summed E-state index contributed by atoms with van der Waals surface area (Å²) in [5.41, 5.74) is 2.51. The molecule has 2 aromatic rings. The first kappa shape index (κ1) is 11.0. The average molecular weight is 233 g/mol. The smallest absolute Gasteiger partial charge is 0.126 e. The summed E-state index contributed by atoms with van der Waals surface area (Å²) in [6.07, 6.45) is 1.64. The molecule has 1 aromatic carbocycles. The fourth-order valence-electron chi connectivity index (χ4n) is 1.50. The third-order valence-corrected chi connectivity index (χ3v) is 2.51. The Morgan fingerprint density at radius 3 is 2.81 bits per heavy atom. The molecule has 0 aliphatic rings. The number of nitrogens with zero attached hydrogens (tertiary/aromatic N) is 1. The number of hydrogen-bond donors (Lipinski definition) is 1. The van der Waals surface area contributed by atoms with Crippen molar-refractivity contribution in [3.05, 3.63) is 58.7 Å². The molecule has 0 unspecified atom stereocenters. The quantitative estimate of drug-likeness (QED) is 0.874. The first-order chi connectivity index (χ1) is 7.74. The summed E-state index contributed by atoms with van der Waals surface area (Å²) in [5.74, 6) is 0.839. The van der Waals surface area contributed by atoms with Crippen molar-refractivity contribution in [1.82, 2.24) is 4.98 Å². The van der Waals surface area contributed by atoms with Gasteiger partial charge in [0.1, 0.15) is 5.82 Å². The zero-order chi connectivity index (χ0) is 11.4. The Morgan fingerprint density at radius 2 is 2.12 bits per heavy atom. The molecule has 2 nitrogen and oxygen atoms in total. The highest BCUT2D eigenvalue weighted by molar-refractivity contribution is 6.30. The van der Waals surface area contributed by atoms with Gasteiger partial charge in [-0.15, -0.1) is 0 Å². The van der Waals surface area contributed by atoms with E-state index in [-0.39, 0.29) is 0 Å². The average Bonchev–Trinajstić information content (AvgIpc) is 2.28. The fourth-order valence-corrected chi connectivity index (χ4v) is 1.61. The van der Waals surface area contributed by atoms with Crippen LogP contribution in [0.25, 0.3) is 0 Å². The van der Waals surface area contributed by atoms with Crippen molar-refractivity contribution in [3.63, 3.8) is 0 Å². The minimum absolute atomic E-state index is 0.654. The highest BCUT2D eigenvalue weighted by Crippen LogP contribution is 2.11. The van der Waals surface area contributed by atoms with E-state index in [0.717, 1.165) is 12.4 Å². The molecule has 0 fully saturated rings. The zero-order valence-electron chi connectivity index (χ0n) is 9.07. The van der Waals surface area contributed by atoms with Crippen molar-refractivity contribution in [2.24, 2.45) is 0 Å². The molecule has 3 heteroatoms. The van der Waals surface area contributed by atoms with Crippen LogP contribution >= 0.6 is 11.6 Å².